The summed E-state index contributed by atoms with van der Waals surface area (Å²) in [7, 11) is 0. The van der Waals surface area contributed by atoms with Crippen molar-refractivity contribution in [2.75, 3.05) is 31.5 Å². The van der Waals surface area contributed by atoms with Crippen molar-refractivity contribution in [1.82, 2.24) is 15.1 Å². The van der Waals surface area contributed by atoms with Crippen LogP contribution in [0.1, 0.15) is 19.0 Å². The summed E-state index contributed by atoms with van der Waals surface area (Å²) < 4.78 is 36.9. The van der Waals surface area contributed by atoms with E-state index in [-0.39, 0.29) is 0 Å². The predicted octanol–water partition coefficient (Wildman–Crippen LogP) is 2.25. The second kappa shape index (κ2) is 5.73. The molecule has 1 aromatic rings. The first-order valence-corrected chi connectivity index (χ1v) is 6.36. The Kier molecular flexibility index (Phi) is 4.24. The van der Waals surface area contributed by atoms with Crippen molar-refractivity contribution >= 4 is 5.82 Å². The third-order valence-corrected chi connectivity index (χ3v) is 3.34. The first-order chi connectivity index (χ1) is 8.99. The minimum atomic E-state index is -4.43. The van der Waals surface area contributed by atoms with E-state index in [1.54, 1.807) is 0 Å². The zero-order valence-corrected chi connectivity index (χ0v) is 10.7. The maximum absolute atomic E-state index is 12.3. The maximum atomic E-state index is 12.3. The fourth-order valence-electron chi connectivity index (χ4n) is 2.19. The standard InChI is InChI=1S/C12H17F3N4/c1-2-19-6-5-9(8-19)7-16-11-4-3-10(17-18-11)12(13,14)15/h3-4,9H,2,5-8H2,1H3,(H,16,18). The molecule has 0 aromatic carbocycles. The lowest BCUT2D eigenvalue weighted by molar-refractivity contribution is -0.141. The molecule has 0 amide bonds. The van der Waals surface area contributed by atoms with E-state index in [2.05, 4.69) is 27.3 Å². The number of nitrogens with one attached hydrogen (secondary N) is 1. The number of alkyl halides is 3. The molecule has 1 aliphatic rings. The molecule has 1 saturated heterocycles. The Morgan fingerprint density at radius 3 is 2.68 bits per heavy atom. The van der Waals surface area contributed by atoms with Gasteiger partial charge in [0.1, 0.15) is 5.82 Å². The second-order valence-electron chi connectivity index (χ2n) is 4.73. The van der Waals surface area contributed by atoms with Crippen LogP contribution in [-0.4, -0.2) is 41.3 Å². The minimum absolute atomic E-state index is 0.392. The van der Waals surface area contributed by atoms with Crippen molar-refractivity contribution in [1.29, 1.82) is 0 Å². The van der Waals surface area contributed by atoms with Crippen molar-refractivity contribution in [3.8, 4) is 0 Å². The van der Waals surface area contributed by atoms with Crippen LogP contribution in [0.5, 0.6) is 0 Å². The van der Waals surface area contributed by atoms with Gasteiger partial charge in [-0.25, -0.2) is 0 Å². The molecule has 4 nitrogen and oxygen atoms in total. The van der Waals surface area contributed by atoms with Gasteiger partial charge in [0, 0.05) is 13.1 Å². The zero-order valence-electron chi connectivity index (χ0n) is 10.7. The molecule has 0 aliphatic carbocycles. The molecule has 1 unspecified atom stereocenters. The van der Waals surface area contributed by atoms with Gasteiger partial charge in [0.05, 0.1) is 0 Å². The van der Waals surface area contributed by atoms with Gasteiger partial charge in [0.25, 0.3) is 0 Å². The van der Waals surface area contributed by atoms with Gasteiger partial charge in [-0.15, -0.1) is 10.2 Å². The summed E-state index contributed by atoms with van der Waals surface area (Å²) in [4.78, 5) is 2.35. The summed E-state index contributed by atoms with van der Waals surface area (Å²) in [6, 6.07) is 2.27. The van der Waals surface area contributed by atoms with E-state index in [4.69, 9.17) is 0 Å². The van der Waals surface area contributed by atoms with Gasteiger partial charge in [0.15, 0.2) is 5.69 Å². The Morgan fingerprint density at radius 2 is 2.16 bits per heavy atom. The highest BCUT2D eigenvalue weighted by Gasteiger charge is 2.32. The van der Waals surface area contributed by atoms with E-state index in [9.17, 15) is 13.2 Å². The van der Waals surface area contributed by atoms with Gasteiger partial charge < -0.3 is 10.2 Å². The van der Waals surface area contributed by atoms with Gasteiger partial charge in [-0.2, -0.15) is 13.2 Å². The molecule has 7 heteroatoms. The molecule has 1 N–H and O–H groups in total. The van der Waals surface area contributed by atoms with E-state index >= 15 is 0 Å². The van der Waals surface area contributed by atoms with E-state index in [1.165, 1.54) is 6.07 Å². The largest absolute Gasteiger partial charge is 0.435 e. The first kappa shape index (κ1) is 14.0. The summed E-state index contributed by atoms with van der Waals surface area (Å²) in [6.07, 6.45) is -3.33. The number of likely N-dealkylation sites (tertiary alicyclic amines) is 1. The number of rotatable bonds is 4. The molecule has 106 valence electrons. The lowest BCUT2D eigenvalue weighted by Gasteiger charge is -2.14. The normalized spacial score (nSPS) is 20.7. The predicted molar refractivity (Wildman–Crippen MR) is 65.7 cm³/mol. The number of aromatic nitrogens is 2. The molecular weight excluding hydrogens is 257 g/mol. The van der Waals surface area contributed by atoms with Crippen molar-refractivity contribution in [3.63, 3.8) is 0 Å². The zero-order chi connectivity index (χ0) is 13.9. The van der Waals surface area contributed by atoms with Crippen molar-refractivity contribution in [2.24, 2.45) is 5.92 Å². The third kappa shape index (κ3) is 3.79. The van der Waals surface area contributed by atoms with Crippen LogP contribution in [0.25, 0.3) is 0 Å². The summed E-state index contributed by atoms with van der Waals surface area (Å²) in [5, 5.41) is 9.77. The molecule has 0 radical (unpaired) electrons. The molecule has 0 spiro atoms. The summed E-state index contributed by atoms with van der Waals surface area (Å²) >= 11 is 0. The van der Waals surface area contributed by atoms with Crippen LogP contribution in [-0.2, 0) is 6.18 Å². The fourth-order valence-corrected chi connectivity index (χ4v) is 2.19. The Morgan fingerprint density at radius 1 is 1.37 bits per heavy atom. The highest BCUT2D eigenvalue weighted by Crippen LogP contribution is 2.27. The third-order valence-electron chi connectivity index (χ3n) is 3.34. The van der Waals surface area contributed by atoms with Gasteiger partial charge in [-0.1, -0.05) is 6.92 Å². The Hall–Kier alpha value is -1.37. The SMILES string of the molecule is CCN1CCC(CNc2ccc(C(F)(F)F)nn2)C1. The van der Waals surface area contributed by atoms with Gasteiger partial charge in [-0.05, 0) is 37.6 Å². The quantitative estimate of drug-likeness (QED) is 0.914. The van der Waals surface area contributed by atoms with Crippen LogP contribution in [0.2, 0.25) is 0 Å². The summed E-state index contributed by atoms with van der Waals surface area (Å²) in [5.74, 6) is 0.909. The summed E-state index contributed by atoms with van der Waals surface area (Å²) in [6.45, 7) is 5.99. The molecular formula is C12H17F3N4. The van der Waals surface area contributed by atoms with E-state index in [1.807, 2.05) is 0 Å². The second-order valence-corrected chi connectivity index (χ2v) is 4.73. The Bertz CT molecular complexity index is 404. The average molecular weight is 274 g/mol. The number of halogens is 3. The van der Waals surface area contributed by atoms with Gasteiger partial charge >= 0.3 is 6.18 Å². The van der Waals surface area contributed by atoms with Gasteiger partial charge in [0.2, 0.25) is 0 Å². The minimum Gasteiger partial charge on any atom is -0.368 e. The molecule has 19 heavy (non-hydrogen) atoms. The summed E-state index contributed by atoms with van der Waals surface area (Å²) in [5.41, 5.74) is -0.962. The van der Waals surface area contributed by atoms with Crippen LogP contribution in [0.4, 0.5) is 19.0 Å². The van der Waals surface area contributed by atoms with Crippen LogP contribution >= 0.6 is 0 Å². The molecule has 1 aromatic heterocycles. The Labute approximate surface area is 110 Å². The first-order valence-electron chi connectivity index (χ1n) is 6.36. The molecule has 0 saturated carbocycles. The van der Waals surface area contributed by atoms with Crippen molar-refractivity contribution in [3.05, 3.63) is 17.8 Å². The van der Waals surface area contributed by atoms with E-state index in [0.29, 0.717) is 11.7 Å². The van der Waals surface area contributed by atoms with Crippen molar-refractivity contribution in [2.45, 2.75) is 19.5 Å². The molecule has 0 bridgehead atoms. The smallest absolute Gasteiger partial charge is 0.368 e. The number of nitrogens with zero attached hydrogens (tertiary/aromatic N) is 3. The number of hydrogen-bond donors (Lipinski definition) is 1. The molecule has 2 rings (SSSR count). The highest BCUT2D eigenvalue weighted by atomic mass is 19.4. The van der Waals surface area contributed by atoms with Crippen LogP contribution in [0.15, 0.2) is 12.1 Å². The highest BCUT2D eigenvalue weighted by molar-refractivity contribution is 5.33. The van der Waals surface area contributed by atoms with Gasteiger partial charge in [-0.3, -0.25) is 0 Å². The average Bonchev–Trinajstić information content (AvgIpc) is 2.84. The molecule has 2 heterocycles. The van der Waals surface area contributed by atoms with E-state index < -0.39 is 11.9 Å². The fraction of sp³-hybridized carbons (Fsp3) is 0.667. The molecule has 1 atom stereocenters. The van der Waals surface area contributed by atoms with Crippen molar-refractivity contribution < 1.29 is 13.2 Å². The number of hydrogen-bond acceptors (Lipinski definition) is 4. The van der Waals surface area contributed by atoms with Crippen LogP contribution < -0.4 is 5.32 Å². The Balaban J connectivity index is 1.84. The number of anilines is 1. The monoisotopic (exact) mass is 274 g/mol. The lowest BCUT2D eigenvalue weighted by atomic mass is 10.1. The topological polar surface area (TPSA) is 41.0 Å². The van der Waals surface area contributed by atoms with Crippen LogP contribution in [0, 0.1) is 5.92 Å². The lowest BCUT2D eigenvalue weighted by Crippen LogP contribution is -2.22. The molecule has 1 aliphatic heterocycles. The van der Waals surface area contributed by atoms with E-state index in [0.717, 1.165) is 38.7 Å². The maximum Gasteiger partial charge on any atom is 0.435 e. The molecule has 1 fully saturated rings. The van der Waals surface area contributed by atoms with Crippen LogP contribution in [0.3, 0.4) is 0 Å².